The molecule has 0 heterocycles. The number of nitrogens with zero attached hydrogens (tertiary/aromatic N) is 1. The van der Waals surface area contributed by atoms with E-state index in [9.17, 15) is 0 Å². The summed E-state index contributed by atoms with van der Waals surface area (Å²) in [5.74, 6) is 2.24. The van der Waals surface area contributed by atoms with Crippen molar-refractivity contribution in [3.8, 4) is 33.4 Å². The van der Waals surface area contributed by atoms with Crippen molar-refractivity contribution in [3.63, 3.8) is 0 Å². The van der Waals surface area contributed by atoms with Crippen LogP contribution in [0, 0.1) is 17.8 Å². The minimum Gasteiger partial charge on any atom is -0.310 e. The first-order valence-electron chi connectivity index (χ1n) is 22.0. The standard InChI is InChI=1S/C55H53N/c1-4-35-31-36-15-13-16-37(32-35)55(36)48-23-10-7-18-41(48)44-28-26-39(34-50(44)55)56(51-24-14-20-45-42-19-5-8-21-46(42)53(2,3)52(45)51)38-25-27-43-40-17-6-9-22-47(40)54(49(43)33-38)29-11-12-30-54/h5-10,14,17-28,33-37H,4,11-13,15-16,29-32H2,1-3H3. The van der Waals surface area contributed by atoms with Crippen LogP contribution in [-0.2, 0) is 16.2 Å². The van der Waals surface area contributed by atoms with Crippen molar-refractivity contribution < 1.29 is 0 Å². The van der Waals surface area contributed by atoms with E-state index in [4.69, 9.17) is 0 Å². The van der Waals surface area contributed by atoms with Crippen LogP contribution in [0.1, 0.15) is 118 Å². The number of benzene rings is 6. The molecule has 2 bridgehead atoms. The highest BCUT2D eigenvalue weighted by Gasteiger charge is 2.57. The molecule has 6 aromatic rings. The van der Waals surface area contributed by atoms with E-state index in [1.54, 1.807) is 22.3 Å². The second kappa shape index (κ2) is 11.8. The SMILES string of the molecule is CCC1CC2CCCC(C1)C21c2ccccc2-c2ccc(N(c3ccc4c(c3)C3(CCCC3)c3ccccc3-4)c3cccc4c3C(C)(C)c3ccccc3-4)cc21. The molecule has 2 unspecified atom stereocenters. The fourth-order valence-corrected chi connectivity index (χ4v) is 14.1. The van der Waals surface area contributed by atoms with Gasteiger partial charge < -0.3 is 4.90 Å². The molecule has 0 saturated heterocycles. The fourth-order valence-electron chi connectivity index (χ4n) is 14.1. The summed E-state index contributed by atoms with van der Waals surface area (Å²) >= 11 is 0. The average molecular weight is 728 g/mol. The fraction of sp³-hybridized carbons (Fsp3) is 0.345. The summed E-state index contributed by atoms with van der Waals surface area (Å²) < 4.78 is 0. The third kappa shape index (κ3) is 4.17. The molecule has 2 spiro atoms. The molecule has 6 aliphatic rings. The van der Waals surface area contributed by atoms with Crippen LogP contribution in [0.4, 0.5) is 17.1 Å². The van der Waals surface area contributed by atoms with Crippen LogP contribution in [0.5, 0.6) is 0 Å². The minimum absolute atomic E-state index is 0.0964. The molecule has 6 aromatic carbocycles. The normalized spacial score (nSPS) is 25.0. The Bertz CT molecular complexity index is 2570. The third-order valence-electron chi connectivity index (χ3n) is 16.3. The lowest BCUT2D eigenvalue weighted by molar-refractivity contribution is 0.0492. The van der Waals surface area contributed by atoms with Crippen molar-refractivity contribution >= 4 is 17.1 Å². The summed E-state index contributed by atoms with van der Waals surface area (Å²) in [5, 5.41) is 0. The average Bonchev–Trinajstić information content (AvgIpc) is 3.96. The lowest BCUT2D eigenvalue weighted by Gasteiger charge is -2.55. The first kappa shape index (κ1) is 33.3. The largest absolute Gasteiger partial charge is 0.310 e. The van der Waals surface area contributed by atoms with Gasteiger partial charge in [0.1, 0.15) is 0 Å². The molecule has 3 saturated carbocycles. The highest BCUT2D eigenvalue weighted by molar-refractivity contribution is 5.93. The second-order valence-electron chi connectivity index (χ2n) is 19.0. The van der Waals surface area contributed by atoms with Crippen molar-refractivity contribution in [1.82, 2.24) is 0 Å². The van der Waals surface area contributed by atoms with Crippen LogP contribution in [-0.4, -0.2) is 0 Å². The van der Waals surface area contributed by atoms with Gasteiger partial charge in [-0.1, -0.05) is 144 Å². The minimum atomic E-state index is -0.135. The van der Waals surface area contributed by atoms with Crippen molar-refractivity contribution in [2.45, 2.75) is 101 Å². The summed E-state index contributed by atoms with van der Waals surface area (Å²) in [5.41, 5.74) is 21.8. The molecule has 0 N–H and O–H groups in total. The van der Waals surface area contributed by atoms with E-state index in [1.807, 2.05) is 0 Å². The van der Waals surface area contributed by atoms with Gasteiger partial charge >= 0.3 is 0 Å². The van der Waals surface area contributed by atoms with Gasteiger partial charge in [0.05, 0.1) is 5.69 Å². The Morgan fingerprint density at radius 3 is 1.73 bits per heavy atom. The van der Waals surface area contributed by atoms with Gasteiger partial charge in [-0.05, 0) is 153 Å². The Kier molecular flexibility index (Phi) is 7.03. The zero-order chi connectivity index (χ0) is 37.4. The van der Waals surface area contributed by atoms with Crippen molar-refractivity contribution in [3.05, 3.63) is 161 Å². The van der Waals surface area contributed by atoms with E-state index in [1.165, 1.54) is 126 Å². The van der Waals surface area contributed by atoms with Crippen molar-refractivity contribution in [1.29, 1.82) is 0 Å². The molecule has 1 heteroatoms. The zero-order valence-electron chi connectivity index (χ0n) is 33.4. The molecule has 278 valence electrons. The van der Waals surface area contributed by atoms with Crippen LogP contribution < -0.4 is 4.90 Å². The summed E-state index contributed by atoms with van der Waals surface area (Å²) in [6.45, 7) is 7.34. The number of rotatable bonds is 4. The molecule has 0 aliphatic heterocycles. The molecule has 6 aliphatic carbocycles. The maximum Gasteiger partial charge on any atom is 0.0508 e. The monoisotopic (exact) mass is 727 g/mol. The van der Waals surface area contributed by atoms with E-state index < -0.39 is 0 Å². The lowest BCUT2D eigenvalue weighted by Crippen LogP contribution is -2.49. The molecule has 1 nitrogen and oxygen atoms in total. The van der Waals surface area contributed by atoms with Crippen LogP contribution in [0.3, 0.4) is 0 Å². The van der Waals surface area contributed by atoms with Crippen LogP contribution in [0.2, 0.25) is 0 Å². The maximum atomic E-state index is 2.70. The molecular formula is C55H53N. The van der Waals surface area contributed by atoms with Gasteiger partial charge in [-0.25, -0.2) is 0 Å². The first-order valence-corrected chi connectivity index (χ1v) is 22.0. The maximum absolute atomic E-state index is 2.70. The van der Waals surface area contributed by atoms with E-state index in [0.29, 0.717) is 11.8 Å². The molecule has 12 rings (SSSR count). The van der Waals surface area contributed by atoms with Gasteiger partial charge in [-0.15, -0.1) is 0 Å². The van der Waals surface area contributed by atoms with Gasteiger partial charge in [-0.3, -0.25) is 0 Å². The zero-order valence-corrected chi connectivity index (χ0v) is 33.4. The molecule has 0 aromatic heterocycles. The van der Waals surface area contributed by atoms with Crippen LogP contribution >= 0.6 is 0 Å². The van der Waals surface area contributed by atoms with E-state index in [2.05, 4.69) is 153 Å². The Morgan fingerprint density at radius 2 is 1.05 bits per heavy atom. The topological polar surface area (TPSA) is 3.24 Å². The molecule has 0 radical (unpaired) electrons. The van der Waals surface area contributed by atoms with E-state index >= 15 is 0 Å². The van der Waals surface area contributed by atoms with Gasteiger partial charge in [0, 0.05) is 27.6 Å². The quantitative estimate of drug-likeness (QED) is 0.175. The van der Waals surface area contributed by atoms with Crippen LogP contribution in [0.15, 0.2) is 127 Å². The van der Waals surface area contributed by atoms with Crippen molar-refractivity contribution in [2.24, 2.45) is 17.8 Å². The first-order chi connectivity index (χ1) is 27.4. The van der Waals surface area contributed by atoms with Gasteiger partial charge in [-0.2, -0.15) is 0 Å². The van der Waals surface area contributed by atoms with Gasteiger partial charge in [0.15, 0.2) is 0 Å². The predicted octanol–water partition coefficient (Wildman–Crippen LogP) is 14.8. The third-order valence-corrected chi connectivity index (χ3v) is 16.3. The van der Waals surface area contributed by atoms with Gasteiger partial charge in [0.25, 0.3) is 0 Å². The lowest BCUT2D eigenvalue weighted by atomic mass is 9.49. The Morgan fingerprint density at radius 1 is 0.518 bits per heavy atom. The summed E-state index contributed by atoms with van der Waals surface area (Å²) in [7, 11) is 0. The smallest absolute Gasteiger partial charge is 0.0508 e. The summed E-state index contributed by atoms with van der Waals surface area (Å²) in [6.07, 6.45) is 13.2. The number of hydrogen-bond donors (Lipinski definition) is 0. The summed E-state index contributed by atoms with van der Waals surface area (Å²) in [6, 6.07) is 50.4. The number of fused-ring (bicyclic) bond motifs is 11. The molecule has 2 atom stereocenters. The molecular weight excluding hydrogens is 675 g/mol. The number of hydrogen-bond acceptors (Lipinski definition) is 1. The Balaban J connectivity index is 1.11. The predicted molar refractivity (Wildman–Crippen MR) is 233 cm³/mol. The van der Waals surface area contributed by atoms with E-state index in [0.717, 1.165) is 5.92 Å². The summed E-state index contributed by atoms with van der Waals surface area (Å²) in [4.78, 5) is 2.70. The molecule has 0 amide bonds. The Labute approximate surface area is 333 Å². The molecule has 3 fully saturated rings. The Hall–Kier alpha value is -4.88. The highest BCUT2D eigenvalue weighted by atomic mass is 15.1. The van der Waals surface area contributed by atoms with Crippen LogP contribution in [0.25, 0.3) is 33.4 Å². The highest BCUT2D eigenvalue weighted by Crippen LogP contribution is 2.66. The van der Waals surface area contributed by atoms with Gasteiger partial charge in [0.2, 0.25) is 0 Å². The second-order valence-corrected chi connectivity index (χ2v) is 19.0. The van der Waals surface area contributed by atoms with E-state index in [-0.39, 0.29) is 16.2 Å². The molecule has 56 heavy (non-hydrogen) atoms. The number of anilines is 3. The van der Waals surface area contributed by atoms with Crippen molar-refractivity contribution in [2.75, 3.05) is 4.90 Å².